The number of halogens is 1. The van der Waals surface area contributed by atoms with Gasteiger partial charge in [-0.05, 0) is 95.6 Å². The van der Waals surface area contributed by atoms with Crippen molar-refractivity contribution in [3.8, 4) is 0 Å². The number of benzene rings is 1. The second kappa shape index (κ2) is 12.1. The second-order valence-corrected chi connectivity index (χ2v) is 11.7. The van der Waals surface area contributed by atoms with Gasteiger partial charge in [0.25, 0.3) is 15.9 Å². The largest absolute Gasteiger partial charge is 0.394 e. The average Bonchev–Trinajstić information content (AvgIpc) is 2.85. The van der Waals surface area contributed by atoms with Crippen molar-refractivity contribution < 1.29 is 27.5 Å². The maximum Gasteiger partial charge on any atom is 0.258 e. The molecule has 3 rings (SSSR count). The van der Waals surface area contributed by atoms with Gasteiger partial charge in [0.15, 0.2) is 5.03 Å². The summed E-state index contributed by atoms with van der Waals surface area (Å²) >= 11 is 0. The van der Waals surface area contributed by atoms with Gasteiger partial charge in [0.1, 0.15) is 11.9 Å². The van der Waals surface area contributed by atoms with E-state index in [1.807, 2.05) is 7.05 Å². The molecule has 12 heteroatoms. The number of carbonyl (C=O) groups excluding carboxylic acids is 2. The first kappa shape index (κ1) is 28.6. The number of nitrogens with one attached hydrogen (secondary N) is 3. The number of anilines is 1. The number of piperidine rings is 1. The Bertz CT molecular complexity index is 1180. The van der Waals surface area contributed by atoms with Gasteiger partial charge in [0, 0.05) is 5.56 Å². The molecule has 202 valence electrons. The van der Waals surface area contributed by atoms with Crippen molar-refractivity contribution in [2.45, 2.75) is 49.7 Å². The summed E-state index contributed by atoms with van der Waals surface area (Å²) in [6.45, 7) is 4.45. The van der Waals surface area contributed by atoms with Crippen LogP contribution in [0.4, 0.5) is 10.1 Å². The van der Waals surface area contributed by atoms with Crippen LogP contribution in [0.25, 0.3) is 0 Å². The number of hydrogen-bond acceptors (Lipinski definition) is 7. The van der Waals surface area contributed by atoms with Crippen LogP contribution in [-0.2, 0) is 14.8 Å². The molecule has 37 heavy (non-hydrogen) atoms. The lowest BCUT2D eigenvalue weighted by Gasteiger charge is -2.31. The van der Waals surface area contributed by atoms with Crippen LogP contribution in [0.3, 0.4) is 0 Å². The van der Waals surface area contributed by atoms with Gasteiger partial charge in [-0.2, -0.15) is 0 Å². The molecule has 1 aromatic carbocycles. The number of rotatable bonds is 10. The Morgan fingerprint density at radius 2 is 1.81 bits per heavy atom. The van der Waals surface area contributed by atoms with E-state index < -0.39 is 45.8 Å². The lowest BCUT2D eigenvalue weighted by Crippen LogP contribution is -2.46. The number of hydrogen-bond donors (Lipinski definition) is 4. The molecule has 2 heterocycles. The number of amides is 2. The summed E-state index contributed by atoms with van der Waals surface area (Å²) in [5.41, 5.74) is -0.580. The van der Waals surface area contributed by atoms with Crippen LogP contribution in [0.5, 0.6) is 0 Å². The molecular weight excluding hydrogens is 501 g/mol. The average molecular weight is 536 g/mol. The zero-order valence-corrected chi connectivity index (χ0v) is 22.0. The zero-order valence-electron chi connectivity index (χ0n) is 21.2. The monoisotopic (exact) mass is 535 g/mol. The fourth-order valence-electron chi connectivity index (χ4n) is 4.00. The van der Waals surface area contributed by atoms with Gasteiger partial charge in [0.2, 0.25) is 5.91 Å². The number of aliphatic hydroxyl groups is 1. The number of pyridine rings is 1. The molecule has 1 fully saturated rings. The Kier molecular flexibility index (Phi) is 9.35. The highest BCUT2D eigenvalue weighted by Gasteiger charge is 2.29. The van der Waals surface area contributed by atoms with Crippen LogP contribution in [0.2, 0.25) is 0 Å². The van der Waals surface area contributed by atoms with Crippen molar-refractivity contribution in [3.05, 3.63) is 54.0 Å². The predicted molar refractivity (Wildman–Crippen MR) is 137 cm³/mol. The smallest absolute Gasteiger partial charge is 0.258 e. The quantitative estimate of drug-likeness (QED) is 0.363. The van der Waals surface area contributed by atoms with E-state index in [0.29, 0.717) is 6.42 Å². The highest BCUT2D eigenvalue weighted by atomic mass is 32.2. The van der Waals surface area contributed by atoms with Gasteiger partial charge in [-0.3, -0.25) is 9.59 Å². The molecule has 4 N–H and O–H groups in total. The first-order chi connectivity index (χ1) is 17.4. The third kappa shape index (κ3) is 8.29. The normalized spacial score (nSPS) is 16.2. The third-order valence-corrected chi connectivity index (χ3v) is 7.83. The predicted octanol–water partition coefficient (Wildman–Crippen LogP) is 1.74. The van der Waals surface area contributed by atoms with Crippen molar-refractivity contribution in [2.75, 3.05) is 32.1 Å². The van der Waals surface area contributed by atoms with Gasteiger partial charge in [-0.15, -0.1) is 0 Å². The number of aromatic nitrogens is 1. The molecule has 1 saturated heterocycles. The van der Waals surface area contributed by atoms with Crippen LogP contribution in [0, 0.1) is 11.7 Å². The Morgan fingerprint density at radius 1 is 1.16 bits per heavy atom. The maximum atomic E-state index is 13.3. The molecule has 2 aromatic rings. The Morgan fingerprint density at radius 3 is 2.38 bits per heavy atom. The van der Waals surface area contributed by atoms with E-state index in [2.05, 4.69) is 25.2 Å². The summed E-state index contributed by atoms with van der Waals surface area (Å²) in [5.74, 6) is -1.20. The Labute approximate surface area is 216 Å². The van der Waals surface area contributed by atoms with Crippen LogP contribution in [0.15, 0.2) is 47.6 Å². The van der Waals surface area contributed by atoms with Crippen molar-refractivity contribution >= 4 is 27.5 Å². The van der Waals surface area contributed by atoms with Crippen molar-refractivity contribution in [3.63, 3.8) is 0 Å². The maximum absolute atomic E-state index is 13.3. The molecule has 2 amide bonds. The summed E-state index contributed by atoms with van der Waals surface area (Å²) in [6.07, 6.45) is 3.41. The van der Waals surface area contributed by atoms with Crippen molar-refractivity contribution in [1.29, 1.82) is 0 Å². The van der Waals surface area contributed by atoms with E-state index >= 15 is 0 Å². The van der Waals surface area contributed by atoms with Crippen LogP contribution >= 0.6 is 0 Å². The minimum atomic E-state index is -3.99. The minimum absolute atomic E-state index is 0.229. The van der Waals surface area contributed by atoms with E-state index in [4.69, 9.17) is 0 Å². The van der Waals surface area contributed by atoms with E-state index in [0.717, 1.165) is 25.9 Å². The number of aliphatic hydroxyl groups excluding tert-OH is 1. The van der Waals surface area contributed by atoms with Crippen LogP contribution in [0.1, 0.15) is 43.5 Å². The zero-order chi connectivity index (χ0) is 27.2. The van der Waals surface area contributed by atoms with E-state index in [1.165, 1.54) is 56.4 Å². The van der Waals surface area contributed by atoms with E-state index in [9.17, 15) is 27.5 Å². The molecule has 1 aromatic heterocycles. The summed E-state index contributed by atoms with van der Waals surface area (Å²) < 4.78 is 40.7. The third-order valence-electron chi connectivity index (χ3n) is 6.22. The fourth-order valence-corrected chi connectivity index (χ4v) is 5.33. The van der Waals surface area contributed by atoms with Gasteiger partial charge in [-0.25, -0.2) is 22.5 Å². The van der Waals surface area contributed by atoms with Crippen LogP contribution in [-0.4, -0.2) is 73.5 Å². The second-order valence-electron chi connectivity index (χ2n) is 10.0. The molecule has 0 aliphatic carbocycles. The first-order valence-corrected chi connectivity index (χ1v) is 13.5. The van der Waals surface area contributed by atoms with Gasteiger partial charge < -0.3 is 20.6 Å². The van der Waals surface area contributed by atoms with E-state index in [-0.39, 0.29) is 22.2 Å². The highest BCUT2D eigenvalue weighted by Crippen LogP contribution is 2.22. The summed E-state index contributed by atoms with van der Waals surface area (Å²) in [6, 6.07) is 6.85. The molecule has 0 radical (unpaired) electrons. The Balaban J connectivity index is 1.73. The van der Waals surface area contributed by atoms with Gasteiger partial charge >= 0.3 is 0 Å². The SMILES string of the molecule is CN1CCC(C[C@H](NC(=O)c2ccc(F)cc2)C(=O)Nc2ccc(S(=O)(=O)NC(C)(C)CO)nc2)CC1. The topological polar surface area (TPSA) is 141 Å². The van der Waals surface area contributed by atoms with Crippen molar-refractivity contribution in [1.82, 2.24) is 19.9 Å². The van der Waals surface area contributed by atoms with Crippen molar-refractivity contribution in [2.24, 2.45) is 5.92 Å². The first-order valence-electron chi connectivity index (χ1n) is 12.1. The summed E-state index contributed by atoms with van der Waals surface area (Å²) in [4.78, 5) is 32.1. The molecular formula is C25H34FN5O5S. The standard InChI is InChI=1S/C25H34FN5O5S/c1-25(2,16-32)30-37(35,36)22-9-8-20(15-27-22)28-24(34)21(14-17-10-12-31(3)13-11-17)29-23(33)18-4-6-19(26)7-5-18/h4-9,15,17,21,30,32H,10-14,16H2,1-3H3,(H,28,34)(H,29,33)/t21-/m0/s1. The number of carbonyl (C=O) groups is 2. The molecule has 1 aliphatic heterocycles. The fraction of sp³-hybridized carbons (Fsp3) is 0.480. The van der Waals surface area contributed by atoms with Crippen LogP contribution < -0.4 is 15.4 Å². The number of sulfonamides is 1. The summed E-state index contributed by atoms with van der Waals surface area (Å²) in [5, 5.41) is 14.5. The molecule has 0 bridgehead atoms. The highest BCUT2D eigenvalue weighted by molar-refractivity contribution is 7.89. The lowest BCUT2D eigenvalue weighted by molar-refractivity contribution is -0.118. The molecule has 0 spiro atoms. The van der Waals surface area contributed by atoms with E-state index in [1.54, 1.807) is 0 Å². The molecule has 1 atom stereocenters. The minimum Gasteiger partial charge on any atom is -0.394 e. The number of likely N-dealkylation sites (tertiary alicyclic amines) is 1. The lowest BCUT2D eigenvalue weighted by atomic mass is 9.90. The number of nitrogens with zero attached hydrogens (tertiary/aromatic N) is 2. The van der Waals surface area contributed by atoms with Gasteiger partial charge in [0.05, 0.1) is 24.0 Å². The molecule has 0 unspecified atom stereocenters. The molecule has 10 nitrogen and oxygen atoms in total. The molecule has 1 aliphatic rings. The summed E-state index contributed by atoms with van der Waals surface area (Å²) in [7, 11) is -1.95. The molecule has 0 saturated carbocycles. The Hall–Kier alpha value is -2.93. The van der Waals surface area contributed by atoms with Gasteiger partial charge in [-0.1, -0.05) is 0 Å².